The van der Waals surface area contributed by atoms with E-state index in [1.807, 2.05) is 13.0 Å². The smallest absolute Gasteiger partial charge is 0.262 e. The van der Waals surface area contributed by atoms with Gasteiger partial charge in [-0.05, 0) is 18.6 Å². The summed E-state index contributed by atoms with van der Waals surface area (Å²) in [4.78, 5) is 18.5. The number of aliphatic hydroxyl groups excluding tert-OH is 1. The molecule has 3 rings (SSSR count). The molecule has 0 aliphatic heterocycles. The van der Waals surface area contributed by atoms with Gasteiger partial charge in [-0.1, -0.05) is 25.1 Å². The summed E-state index contributed by atoms with van der Waals surface area (Å²) in [6.07, 6.45) is 1.16. The first-order valence-electron chi connectivity index (χ1n) is 7.00. The SMILES string of the molecule is CCc1cc2c(=O)n(C[C@@H](O)c3ccccc3F)cnc2s1. The monoisotopic (exact) mass is 318 g/mol. The van der Waals surface area contributed by atoms with E-state index in [1.54, 1.807) is 12.1 Å². The molecule has 0 saturated heterocycles. The molecule has 0 radical (unpaired) electrons. The molecule has 1 N–H and O–H groups in total. The summed E-state index contributed by atoms with van der Waals surface area (Å²) in [5.41, 5.74) is -0.0367. The number of rotatable bonds is 4. The van der Waals surface area contributed by atoms with Crippen molar-refractivity contribution in [2.24, 2.45) is 0 Å². The lowest BCUT2D eigenvalue weighted by molar-refractivity contribution is 0.150. The maximum atomic E-state index is 13.7. The van der Waals surface area contributed by atoms with Gasteiger partial charge in [-0.25, -0.2) is 9.37 Å². The number of fused-ring (bicyclic) bond motifs is 1. The van der Waals surface area contributed by atoms with Gasteiger partial charge in [0, 0.05) is 10.4 Å². The molecule has 0 amide bonds. The molecule has 3 aromatic rings. The molecule has 22 heavy (non-hydrogen) atoms. The van der Waals surface area contributed by atoms with Crippen LogP contribution in [0.3, 0.4) is 0 Å². The number of aryl methyl sites for hydroxylation is 1. The average molecular weight is 318 g/mol. The van der Waals surface area contributed by atoms with Crippen LogP contribution in [0.5, 0.6) is 0 Å². The van der Waals surface area contributed by atoms with Gasteiger partial charge in [0.15, 0.2) is 0 Å². The molecule has 6 heteroatoms. The van der Waals surface area contributed by atoms with Crippen LogP contribution in [0.25, 0.3) is 10.2 Å². The second-order valence-electron chi connectivity index (χ2n) is 5.02. The second kappa shape index (κ2) is 5.98. The van der Waals surface area contributed by atoms with Crippen LogP contribution in [0.1, 0.15) is 23.5 Å². The maximum absolute atomic E-state index is 13.7. The normalized spacial score (nSPS) is 12.7. The Kier molecular flexibility index (Phi) is 4.04. The zero-order chi connectivity index (χ0) is 15.7. The number of aromatic nitrogens is 2. The topological polar surface area (TPSA) is 55.1 Å². The summed E-state index contributed by atoms with van der Waals surface area (Å²) in [5, 5.41) is 10.7. The first kappa shape index (κ1) is 14.9. The van der Waals surface area contributed by atoms with Gasteiger partial charge in [-0.2, -0.15) is 0 Å². The van der Waals surface area contributed by atoms with Gasteiger partial charge in [0.1, 0.15) is 10.6 Å². The lowest BCUT2D eigenvalue weighted by Crippen LogP contribution is -2.23. The van der Waals surface area contributed by atoms with Crippen LogP contribution in [0.2, 0.25) is 0 Å². The van der Waals surface area contributed by atoms with Crippen molar-refractivity contribution in [1.82, 2.24) is 9.55 Å². The summed E-state index contributed by atoms with van der Waals surface area (Å²) in [6, 6.07) is 7.84. The van der Waals surface area contributed by atoms with E-state index in [-0.39, 0.29) is 17.7 Å². The molecule has 2 aromatic heterocycles. The molecule has 1 atom stereocenters. The van der Waals surface area contributed by atoms with Gasteiger partial charge < -0.3 is 5.11 Å². The quantitative estimate of drug-likeness (QED) is 0.805. The third kappa shape index (κ3) is 2.67. The molecule has 0 saturated carbocycles. The van der Waals surface area contributed by atoms with Gasteiger partial charge in [0.2, 0.25) is 0 Å². The molecule has 0 unspecified atom stereocenters. The van der Waals surface area contributed by atoms with Crippen molar-refractivity contribution >= 4 is 21.6 Å². The molecule has 0 aliphatic rings. The predicted molar refractivity (Wildman–Crippen MR) is 84.6 cm³/mol. The van der Waals surface area contributed by atoms with Gasteiger partial charge >= 0.3 is 0 Å². The summed E-state index contributed by atoms with van der Waals surface area (Å²) in [7, 11) is 0. The van der Waals surface area contributed by atoms with E-state index >= 15 is 0 Å². The molecule has 0 aliphatic carbocycles. The van der Waals surface area contributed by atoms with Gasteiger partial charge in [-0.15, -0.1) is 11.3 Å². The zero-order valence-corrected chi connectivity index (χ0v) is 12.8. The summed E-state index contributed by atoms with van der Waals surface area (Å²) < 4.78 is 15.0. The molecule has 114 valence electrons. The maximum Gasteiger partial charge on any atom is 0.262 e. The highest BCUT2D eigenvalue weighted by molar-refractivity contribution is 7.18. The van der Waals surface area contributed by atoms with E-state index in [9.17, 15) is 14.3 Å². The third-order valence-electron chi connectivity index (χ3n) is 3.55. The third-order valence-corrected chi connectivity index (χ3v) is 4.74. The van der Waals surface area contributed by atoms with Crippen molar-refractivity contribution in [3.8, 4) is 0 Å². The number of nitrogens with zero attached hydrogens (tertiary/aromatic N) is 2. The van der Waals surface area contributed by atoms with E-state index in [1.165, 1.54) is 34.4 Å². The molecule has 4 nitrogen and oxygen atoms in total. The van der Waals surface area contributed by atoms with E-state index in [4.69, 9.17) is 0 Å². The Morgan fingerprint density at radius 2 is 2.18 bits per heavy atom. The van der Waals surface area contributed by atoms with Crippen LogP contribution in [0.15, 0.2) is 41.5 Å². The van der Waals surface area contributed by atoms with E-state index in [2.05, 4.69) is 4.98 Å². The van der Waals surface area contributed by atoms with Crippen molar-refractivity contribution in [3.63, 3.8) is 0 Å². The first-order chi connectivity index (χ1) is 10.6. The van der Waals surface area contributed by atoms with Crippen molar-refractivity contribution in [2.45, 2.75) is 26.0 Å². The molecule has 2 heterocycles. The van der Waals surface area contributed by atoms with Crippen molar-refractivity contribution in [3.05, 3.63) is 63.3 Å². The molecule has 0 bridgehead atoms. The Bertz CT molecular complexity index is 872. The second-order valence-corrected chi connectivity index (χ2v) is 6.14. The van der Waals surface area contributed by atoms with Crippen LogP contribution in [0.4, 0.5) is 4.39 Å². The Balaban J connectivity index is 1.95. The van der Waals surface area contributed by atoms with Gasteiger partial charge in [-0.3, -0.25) is 9.36 Å². The average Bonchev–Trinajstić information content (AvgIpc) is 2.94. The van der Waals surface area contributed by atoms with Crippen LogP contribution in [-0.4, -0.2) is 14.7 Å². The fraction of sp³-hybridized carbons (Fsp3) is 0.250. The van der Waals surface area contributed by atoms with Gasteiger partial charge in [0.25, 0.3) is 5.56 Å². The lowest BCUT2D eigenvalue weighted by atomic mass is 10.1. The van der Waals surface area contributed by atoms with Crippen LogP contribution >= 0.6 is 11.3 Å². The first-order valence-corrected chi connectivity index (χ1v) is 7.82. The van der Waals surface area contributed by atoms with Crippen molar-refractivity contribution in [2.75, 3.05) is 0 Å². The summed E-state index contributed by atoms with van der Waals surface area (Å²) >= 11 is 1.49. The summed E-state index contributed by atoms with van der Waals surface area (Å²) in [5.74, 6) is -0.485. The number of hydrogen-bond acceptors (Lipinski definition) is 4. The highest BCUT2D eigenvalue weighted by Crippen LogP contribution is 2.22. The van der Waals surface area contributed by atoms with Crippen molar-refractivity contribution < 1.29 is 9.50 Å². The van der Waals surface area contributed by atoms with Crippen molar-refractivity contribution in [1.29, 1.82) is 0 Å². The number of halogens is 1. The Hall–Kier alpha value is -2.05. The minimum atomic E-state index is -1.09. The molecule has 0 fully saturated rings. The highest BCUT2D eigenvalue weighted by atomic mass is 32.1. The fourth-order valence-electron chi connectivity index (χ4n) is 2.34. The fourth-order valence-corrected chi connectivity index (χ4v) is 3.27. The van der Waals surface area contributed by atoms with Crippen LogP contribution in [0, 0.1) is 5.82 Å². The Morgan fingerprint density at radius 3 is 2.91 bits per heavy atom. The highest BCUT2D eigenvalue weighted by Gasteiger charge is 2.15. The largest absolute Gasteiger partial charge is 0.386 e. The number of hydrogen-bond donors (Lipinski definition) is 1. The van der Waals surface area contributed by atoms with Crippen LogP contribution in [-0.2, 0) is 13.0 Å². The number of aliphatic hydroxyl groups is 1. The summed E-state index contributed by atoms with van der Waals surface area (Å²) in [6.45, 7) is 1.99. The molecule has 1 aromatic carbocycles. The lowest BCUT2D eigenvalue weighted by Gasteiger charge is -2.13. The number of benzene rings is 1. The van der Waals surface area contributed by atoms with E-state index in [0.29, 0.717) is 10.2 Å². The Labute approximate surface area is 130 Å². The minimum absolute atomic E-state index is 0.0278. The number of thiophene rings is 1. The molecular formula is C16H15FN2O2S. The Morgan fingerprint density at radius 1 is 1.41 bits per heavy atom. The van der Waals surface area contributed by atoms with Crippen LogP contribution < -0.4 is 5.56 Å². The zero-order valence-electron chi connectivity index (χ0n) is 12.0. The minimum Gasteiger partial charge on any atom is -0.386 e. The molecule has 0 spiro atoms. The van der Waals surface area contributed by atoms with E-state index < -0.39 is 11.9 Å². The predicted octanol–water partition coefficient (Wildman–Crippen LogP) is 2.89. The molecular weight excluding hydrogens is 303 g/mol. The van der Waals surface area contributed by atoms with Gasteiger partial charge in [0.05, 0.1) is 24.4 Å². The standard InChI is InChI=1S/C16H15FN2O2S/c1-2-10-7-12-15(22-10)18-9-19(16(12)21)8-14(20)11-5-3-4-6-13(11)17/h3-7,9,14,20H,2,8H2,1H3/t14-/m1/s1. The van der Waals surface area contributed by atoms with E-state index in [0.717, 1.165) is 11.3 Å².